The number of carbonyl (C=O) groups excluding carboxylic acids is 2. The molecule has 1 aliphatic rings. The van der Waals surface area contributed by atoms with Crippen molar-refractivity contribution in [2.75, 3.05) is 26.3 Å². The van der Waals surface area contributed by atoms with Gasteiger partial charge >= 0.3 is 5.97 Å². The second-order valence-corrected chi connectivity index (χ2v) is 8.58. The maximum Gasteiger partial charge on any atom is 0.310 e. The fraction of sp³-hybridized carbons (Fsp3) is 0.385. The zero-order chi connectivity index (χ0) is 23.4. The second-order valence-electron chi connectivity index (χ2n) is 8.17. The highest BCUT2D eigenvalue weighted by Crippen LogP contribution is 2.32. The molecule has 33 heavy (non-hydrogen) atoms. The number of nitrogens with zero attached hydrogens (tertiary/aromatic N) is 2. The molecule has 0 bridgehead atoms. The zero-order valence-electron chi connectivity index (χ0n) is 19.1. The van der Waals surface area contributed by atoms with Crippen molar-refractivity contribution in [1.82, 2.24) is 9.47 Å². The third-order valence-corrected chi connectivity index (χ3v) is 6.41. The number of benzene rings is 2. The van der Waals surface area contributed by atoms with Crippen molar-refractivity contribution in [2.24, 2.45) is 5.92 Å². The van der Waals surface area contributed by atoms with Crippen LogP contribution < -0.4 is 4.74 Å². The Bertz CT molecular complexity index is 1160. The number of ether oxygens (including phenoxy) is 2. The Hall–Kier alpha value is -2.99. The highest BCUT2D eigenvalue weighted by molar-refractivity contribution is 6.31. The fourth-order valence-corrected chi connectivity index (χ4v) is 4.65. The highest BCUT2D eigenvalue weighted by atomic mass is 35.5. The van der Waals surface area contributed by atoms with Crippen molar-refractivity contribution < 1.29 is 19.1 Å². The minimum Gasteiger partial charge on any atom is -0.493 e. The van der Waals surface area contributed by atoms with Crippen LogP contribution in [-0.2, 0) is 16.1 Å². The molecule has 2 heterocycles. The van der Waals surface area contributed by atoms with Gasteiger partial charge in [-0.1, -0.05) is 35.9 Å². The van der Waals surface area contributed by atoms with Gasteiger partial charge in [-0.3, -0.25) is 9.59 Å². The maximum atomic E-state index is 13.7. The van der Waals surface area contributed by atoms with Crippen LogP contribution in [0.2, 0.25) is 5.02 Å². The minimum absolute atomic E-state index is 0.102. The minimum atomic E-state index is -0.289. The Kier molecular flexibility index (Phi) is 7.23. The molecule has 1 fully saturated rings. The second kappa shape index (κ2) is 10.3. The molecule has 0 saturated carbocycles. The molecule has 4 rings (SSSR count). The number of amides is 1. The summed E-state index contributed by atoms with van der Waals surface area (Å²) in [6.07, 6.45) is 1.50. The molecule has 1 saturated heterocycles. The lowest BCUT2D eigenvalue weighted by molar-refractivity contribution is -0.149. The van der Waals surface area contributed by atoms with Crippen molar-refractivity contribution in [3.05, 3.63) is 64.8 Å². The van der Waals surface area contributed by atoms with Crippen LogP contribution in [0.5, 0.6) is 5.75 Å². The lowest BCUT2D eigenvalue weighted by Gasteiger charge is -2.31. The predicted octanol–water partition coefficient (Wildman–Crippen LogP) is 5.16. The molecule has 1 aromatic heterocycles. The summed E-state index contributed by atoms with van der Waals surface area (Å²) in [6.45, 7) is 6.04. The van der Waals surface area contributed by atoms with Crippen LogP contribution in [0.1, 0.15) is 42.7 Å². The smallest absolute Gasteiger partial charge is 0.310 e. The number of rotatable bonds is 7. The normalized spacial score (nSPS) is 16.1. The fourth-order valence-electron chi connectivity index (χ4n) is 4.46. The van der Waals surface area contributed by atoms with Gasteiger partial charge in [0, 0.05) is 30.0 Å². The number of esters is 1. The largest absolute Gasteiger partial charge is 0.493 e. The van der Waals surface area contributed by atoms with Crippen molar-refractivity contribution in [3.8, 4) is 5.75 Å². The number of aromatic nitrogens is 1. The van der Waals surface area contributed by atoms with E-state index in [2.05, 4.69) is 0 Å². The van der Waals surface area contributed by atoms with Gasteiger partial charge in [0.2, 0.25) is 0 Å². The summed E-state index contributed by atoms with van der Waals surface area (Å²) in [5.74, 6) is 0.118. The monoisotopic (exact) mass is 468 g/mol. The van der Waals surface area contributed by atoms with E-state index in [1.165, 1.54) is 0 Å². The molecule has 0 aliphatic carbocycles. The molecule has 0 N–H and O–H groups in total. The van der Waals surface area contributed by atoms with E-state index >= 15 is 0 Å². The van der Waals surface area contributed by atoms with E-state index in [-0.39, 0.29) is 17.8 Å². The number of halogens is 1. The number of hydrogen-bond donors (Lipinski definition) is 0. The molecule has 1 atom stereocenters. The lowest BCUT2D eigenvalue weighted by Crippen LogP contribution is -2.43. The van der Waals surface area contributed by atoms with E-state index in [0.29, 0.717) is 43.6 Å². The van der Waals surface area contributed by atoms with Crippen molar-refractivity contribution in [1.29, 1.82) is 0 Å². The summed E-state index contributed by atoms with van der Waals surface area (Å²) in [5, 5.41) is 1.53. The third kappa shape index (κ3) is 4.86. The first kappa shape index (κ1) is 23.2. The molecule has 0 spiro atoms. The molecular weight excluding hydrogens is 440 g/mol. The van der Waals surface area contributed by atoms with Crippen molar-refractivity contribution in [3.63, 3.8) is 0 Å². The molecule has 1 unspecified atom stereocenters. The number of fused-ring (bicyclic) bond motifs is 1. The first-order valence-electron chi connectivity index (χ1n) is 11.5. The molecule has 0 radical (unpaired) electrons. The van der Waals surface area contributed by atoms with Crippen LogP contribution in [0.3, 0.4) is 0 Å². The highest BCUT2D eigenvalue weighted by Gasteiger charge is 2.31. The molecule has 7 heteroatoms. The van der Waals surface area contributed by atoms with E-state index in [1.807, 2.05) is 60.0 Å². The Morgan fingerprint density at radius 3 is 2.67 bits per heavy atom. The van der Waals surface area contributed by atoms with E-state index in [1.54, 1.807) is 11.8 Å². The predicted molar refractivity (Wildman–Crippen MR) is 129 cm³/mol. The van der Waals surface area contributed by atoms with Crippen LogP contribution in [-0.4, -0.2) is 47.6 Å². The van der Waals surface area contributed by atoms with E-state index in [4.69, 9.17) is 21.1 Å². The van der Waals surface area contributed by atoms with Crippen molar-refractivity contribution in [2.45, 2.75) is 33.2 Å². The maximum absolute atomic E-state index is 13.7. The summed E-state index contributed by atoms with van der Waals surface area (Å²) in [7, 11) is 0. The van der Waals surface area contributed by atoms with E-state index in [0.717, 1.165) is 35.1 Å². The Balaban J connectivity index is 1.74. The third-order valence-electron chi connectivity index (χ3n) is 6.04. The molecule has 6 nitrogen and oxygen atoms in total. The van der Waals surface area contributed by atoms with Gasteiger partial charge in [-0.2, -0.15) is 0 Å². The van der Waals surface area contributed by atoms with Crippen LogP contribution in [0.15, 0.2) is 48.5 Å². The Labute approximate surface area is 199 Å². The molecule has 3 aromatic rings. The van der Waals surface area contributed by atoms with Crippen LogP contribution in [0.4, 0.5) is 0 Å². The van der Waals surface area contributed by atoms with Gasteiger partial charge in [0.25, 0.3) is 5.91 Å². The van der Waals surface area contributed by atoms with Gasteiger partial charge in [0.05, 0.1) is 24.6 Å². The molecule has 2 aromatic carbocycles. The topological polar surface area (TPSA) is 60.8 Å². The van der Waals surface area contributed by atoms with Gasteiger partial charge in [-0.25, -0.2) is 0 Å². The standard InChI is InChI=1S/C26H29ClN2O4/c1-3-32-24-13-7-12-22-20(24)15-23(29(22)17-18-9-5-6-11-21(18)27)25(30)28-14-8-10-19(16-28)26(31)33-4-2/h5-7,9,11-13,15,19H,3-4,8,10,14,16-17H2,1-2H3. The number of carbonyl (C=O) groups is 2. The van der Waals surface area contributed by atoms with E-state index in [9.17, 15) is 9.59 Å². The molecule has 1 aliphatic heterocycles. The molecule has 1 amide bonds. The summed E-state index contributed by atoms with van der Waals surface area (Å²) in [4.78, 5) is 27.8. The first-order chi connectivity index (χ1) is 16.0. The first-order valence-corrected chi connectivity index (χ1v) is 11.9. The molecular formula is C26H29ClN2O4. The van der Waals surface area contributed by atoms with E-state index < -0.39 is 0 Å². The van der Waals surface area contributed by atoms with Crippen LogP contribution in [0, 0.1) is 5.92 Å². The number of likely N-dealkylation sites (tertiary alicyclic amines) is 1. The van der Waals surface area contributed by atoms with Crippen LogP contribution in [0.25, 0.3) is 10.9 Å². The quantitative estimate of drug-likeness (QED) is 0.449. The van der Waals surface area contributed by atoms with Gasteiger partial charge in [0.1, 0.15) is 11.4 Å². The summed E-state index contributed by atoms with van der Waals surface area (Å²) in [6, 6.07) is 15.4. The van der Waals surface area contributed by atoms with Gasteiger partial charge in [-0.15, -0.1) is 0 Å². The van der Waals surface area contributed by atoms with Crippen LogP contribution >= 0.6 is 11.6 Å². The summed E-state index contributed by atoms with van der Waals surface area (Å²) in [5.41, 5.74) is 2.39. The average Bonchev–Trinajstić information content (AvgIpc) is 3.20. The SMILES string of the molecule is CCOC(=O)C1CCCN(C(=O)c2cc3c(OCC)cccc3n2Cc2ccccc2Cl)C1. The van der Waals surface area contributed by atoms with Crippen molar-refractivity contribution >= 4 is 34.4 Å². The zero-order valence-corrected chi connectivity index (χ0v) is 19.8. The average molecular weight is 469 g/mol. The summed E-state index contributed by atoms with van der Waals surface area (Å²) >= 11 is 6.45. The Morgan fingerprint density at radius 2 is 1.91 bits per heavy atom. The Morgan fingerprint density at radius 1 is 1.09 bits per heavy atom. The molecule has 174 valence electrons. The van der Waals surface area contributed by atoms with Gasteiger partial charge in [0.15, 0.2) is 0 Å². The number of piperidine rings is 1. The number of hydrogen-bond acceptors (Lipinski definition) is 4. The lowest BCUT2D eigenvalue weighted by atomic mass is 9.98. The van der Waals surface area contributed by atoms with Gasteiger partial charge < -0.3 is 18.9 Å². The summed E-state index contributed by atoms with van der Waals surface area (Å²) < 4.78 is 13.0. The van der Waals surface area contributed by atoms with Gasteiger partial charge in [-0.05, 0) is 56.5 Å².